The maximum absolute atomic E-state index is 13.0. The summed E-state index contributed by atoms with van der Waals surface area (Å²) in [7, 11) is 0. The van der Waals surface area contributed by atoms with Crippen LogP contribution < -0.4 is 0 Å². The van der Waals surface area contributed by atoms with E-state index >= 15 is 0 Å². The van der Waals surface area contributed by atoms with Crippen molar-refractivity contribution in [3.8, 4) is 0 Å². The van der Waals surface area contributed by atoms with Gasteiger partial charge in [-0.05, 0) is 43.5 Å². The molecule has 0 spiro atoms. The zero-order chi connectivity index (χ0) is 8.43. The minimum Gasteiger partial charge on any atom is -0.204 e. The van der Waals surface area contributed by atoms with Gasteiger partial charge in [0.05, 0.1) is 8.95 Å². The normalized spacial score (nSPS) is 10.2. The maximum Gasteiger partial charge on any atom is 0.151 e. The lowest BCUT2D eigenvalue weighted by molar-refractivity contribution is 0.612. The molecule has 0 saturated carbocycles. The van der Waals surface area contributed by atoms with Crippen molar-refractivity contribution in [2.45, 2.75) is 5.88 Å². The van der Waals surface area contributed by atoms with Crippen molar-refractivity contribution in [2.75, 3.05) is 0 Å². The summed E-state index contributed by atoms with van der Waals surface area (Å²) in [5.41, 5.74) is 0.757. The van der Waals surface area contributed by atoms with Crippen LogP contribution in [0, 0.1) is 5.82 Å². The van der Waals surface area contributed by atoms with E-state index in [-0.39, 0.29) is 5.82 Å². The summed E-state index contributed by atoms with van der Waals surface area (Å²) >= 11 is 11.7. The second-order valence-corrected chi connectivity index (χ2v) is 3.88. The molecule has 0 aliphatic rings. The van der Waals surface area contributed by atoms with Crippen molar-refractivity contribution < 1.29 is 4.39 Å². The van der Waals surface area contributed by atoms with Gasteiger partial charge in [-0.2, -0.15) is 0 Å². The van der Waals surface area contributed by atoms with Gasteiger partial charge in [0.2, 0.25) is 0 Å². The lowest BCUT2D eigenvalue weighted by Crippen LogP contribution is -1.86. The third-order valence-electron chi connectivity index (χ3n) is 1.26. The van der Waals surface area contributed by atoms with Crippen molar-refractivity contribution in [3.63, 3.8) is 0 Å². The van der Waals surface area contributed by atoms with Gasteiger partial charge in [-0.1, -0.05) is 6.07 Å². The van der Waals surface area contributed by atoms with Crippen molar-refractivity contribution in [1.82, 2.24) is 0 Å². The van der Waals surface area contributed by atoms with E-state index in [2.05, 4.69) is 31.9 Å². The fraction of sp³-hybridized carbons (Fsp3) is 0.143. The molecule has 4 heteroatoms. The smallest absolute Gasteiger partial charge is 0.151 e. The Balaban J connectivity index is 3.25. The predicted molar refractivity (Wildman–Crippen MR) is 51.4 cm³/mol. The topological polar surface area (TPSA) is 0 Å². The molecular formula is C7H4Br2ClF. The van der Waals surface area contributed by atoms with Gasteiger partial charge in [-0.3, -0.25) is 0 Å². The van der Waals surface area contributed by atoms with Crippen LogP contribution in [-0.2, 0) is 5.88 Å². The van der Waals surface area contributed by atoms with Gasteiger partial charge in [0, 0.05) is 5.88 Å². The summed E-state index contributed by atoms with van der Waals surface area (Å²) in [6.45, 7) is 0. The van der Waals surface area contributed by atoms with Gasteiger partial charge in [-0.25, -0.2) is 4.39 Å². The number of rotatable bonds is 1. The van der Waals surface area contributed by atoms with Crippen LogP contribution in [-0.4, -0.2) is 0 Å². The maximum atomic E-state index is 13.0. The Morgan fingerprint density at radius 3 is 2.55 bits per heavy atom. The second-order valence-electron chi connectivity index (χ2n) is 1.97. The largest absolute Gasteiger partial charge is 0.204 e. The predicted octanol–water partition coefficient (Wildman–Crippen LogP) is 4.09. The van der Waals surface area contributed by atoms with Crippen LogP contribution in [0.1, 0.15) is 5.56 Å². The summed E-state index contributed by atoms with van der Waals surface area (Å²) in [6.07, 6.45) is 0. The lowest BCUT2D eigenvalue weighted by Gasteiger charge is -2.01. The Bertz CT molecular complexity index is 275. The van der Waals surface area contributed by atoms with Gasteiger partial charge in [0.25, 0.3) is 0 Å². The quantitative estimate of drug-likeness (QED) is 0.541. The van der Waals surface area contributed by atoms with Crippen LogP contribution in [0.25, 0.3) is 0 Å². The zero-order valence-corrected chi connectivity index (χ0v) is 9.30. The van der Waals surface area contributed by atoms with E-state index in [1.165, 1.54) is 0 Å². The van der Waals surface area contributed by atoms with E-state index < -0.39 is 0 Å². The highest BCUT2D eigenvalue weighted by Crippen LogP contribution is 2.27. The summed E-state index contributed by atoms with van der Waals surface area (Å²) in [4.78, 5) is 0. The van der Waals surface area contributed by atoms with Crippen molar-refractivity contribution in [1.29, 1.82) is 0 Å². The third kappa shape index (κ3) is 1.95. The lowest BCUT2D eigenvalue weighted by atomic mass is 10.2. The Morgan fingerprint density at radius 1 is 1.36 bits per heavy atom. The van der Waals surface area contributed by atoms with Crippen LogP contribution in [0.2, 0.25) is 0 Å². The highest BCUT2D eigenvalue weighted by molar-refractivity contribution is 9.11. The standard InChI is InChI=1S/C7H4Br2ClF/c8-5-2-1-4(3-10)6(9)7(5)11/h1-2H,3H2. The molecule has 0 fully saturated rings. The SMILES string of the molecule is Fc1c(Br)ccc(CCl)c1Br. The number of halogens is 4. The molecule has 0 atom stereocenters. The van der Waals surface area contributed by atoms with E-state index in [9.17, 15) is 4.39 Å². The minimum atomic E-state index is -0.303. The fourth-order valence-electron chi connectivity index (χ4n) is 0.669. The molecule has 0 heterocycles. The van der Waals surface area contributed by atoms with Gasteiger partial charge in [0.1, 0.15) is 0 Å². The molecule has 1 aromatic rings. The van der Waals surface area contributed by atoms with Crippen molar-refractivity contribution in [2.24, 2.45) is 0 Å². The van der Waals surface area contributed by atoms with Gasteiger partial charge in [0.15, 0.2) is 5.82 Å². The van der Waals surface area contributed by atoms with E-state index in [0.29, 0.717) is 14.8 Å². The van der Waals surface area contributed by atoms with Crippen molar-refractivity contribution >= 4 is 43.5 Å². The molecule has 60 valence electrons. The Kier molecular flexibility index (Phi) is 3.34. The summed E-state index contributed by atoms with van der Waals surface area (Å²) < 4.78 is 13.9. The number of alkyl halides is 1. The molecule has 0 aliphatic carbocycles. The molecule has 11 heavy (non-hydrogen) atoms. The average Bonchev–Trinajstić information content (AvgIpc) is 2.01. The first-order valence-corrected chi connectivity index (χ1v) is 4.97. The van der Waals surface area contributed by atoms with Gasteiger partial charge >= 0.3 is 0 Å². The molecule has 0 aromatic heterocycles. The molecule has 1 rings (SSSR count). The monoisotopic (exact) mass is 300 g/mol. The Morgan fingerprint density at radius 2 is 2.00 bits per heavy atom. The Hall–Kier alpha value is 0.400. The first kappa shape index (κ1) is 9.49. The van der Waals surface area contributed by atoms with E-state index in [1.54, 1.807) is 12.1 Å². The highest BCUT2D eigenvalue weighted by Gasteiger charge is 2.07. The zero-order valence-electron chi connectivity index (χ0n) is 5.37. The second kappa shape index (κ2) is 3.87. The van der Waals surface area contributed by atoms with Gasteiger partial charge in [-0.15, -0.1) is 11.6 Å². The highest BCUT2D eigenvalue weighted by atomic mass is 79.9. The third-order valence-corrected chi connectivity index (χ3v) is 3.02. The number of hydrogen-bond donors (Lipinski definition) is 0. The number of benzene rings is 1. The van der Waals surface area contributed by atoms with Crippen LogP contribution in [0.15, 0.2) is 21.1 Å². The first-order chi connectivity index (χ1) is 5.16. The van der Waals surface area contributed by atoms with E-state index in [1.807, 2.05) is 0 Å². The van der Waals surface area contributed by atoms with E-state index in [4.69, 9.17) is 11.6 Å². The molecule has 0 amide bonds. The average molecular weight is 302 g/mol. The van der Waals surface area contributed by atoms with Crippen LogP contribution >= 0.6 is 43.5 Å². The molecule has 1 aromatic carbocycles. The summed E-state index contributed by atoms with van der Waals surface area (Å²) in [6, 6.07) is 3.40. The molecule has 0 radical (unpaired) electrons. The van der Waals surface area contributed by atoms with Crippen LogP contribution in [0.4, 0.5) is 4.39 Å². The molecular weight excluding hydrogens is 298 g/mol. The minimum absolute atomic E-state index is 0.303. The van der Waals surface area contributed by atoms with Crippen LogP contribution in [0.3, 0.4) is 0 Å². The summed E-state index contributed by atoms with van der Waals surface area (Å²) in [5.74, 6) is 0.00766. The molecule has 0 bridgehead atoms. The first-order valence-electron chi connectivity index (χ1n) is 2.85. The number of hydrogen-bond acceptors (Lipinski definition) is 0. The van der Waals surface area contributed by atoms with Crippen molar-refractivity contribution in [3.05, 3.63) is 32.5 Å². The molecule has 0 N–H and O–H groups in total. The Labute approximate surface area is 86.0 Å². The fourth-order valence-corrected chi connectivity index (χ4v) is 2.14. The molecule has 0 nitrogen and oxygen atoms in total. The molecule has 0 aliphatic heterocycles. The molecule has 0 saturated heterocycles. The van der Waals surface area contributed by atoms with E-state index in [0.717, 1.165) is 5.56 Å². The van der Waals surface area contributed by atoms with Crippen LogP contribution in [0.5, 0.6) is 0 Å². The van der Waals surface area contributed by atoms with Gasteiger partial charge < -0.3 is 0 Å². The molecule has 0 unspecified atom stereocenters. The summed E-state index contributed by atoms with van der Waals surface area (Å²) in [5, 5.41) is 0.